The SMILES string of the molecule is CCC(CC)Nc1nc(NCCO)nc(Nc2cccc(C(=O)NCCOCCOCCN)c2)n1. The average molecular weight is 491 g/mol. The van der Waals surface area contributed by atoms with Crippen molar-refractivity contribution in [3.63, 3.8) is 0 Å². The van der Waals surface area contributed by atoms with Gasteiger partial charge in [-0.15, -0.1) is 0 Å². The Hall–Kier alpha value is -3.06. The minimum atomic E-state index is -0.214. The molecule has 0 saturated heterocycles. The molecule has 0 aliphatic rings. The lowest BCUT2D eigenvalue weighted by Crippen LogP contribution is -2.27. The first-order valence-electron chi connectivity index (χ1n) is 12.0. The molecule has 0 bridgehead atoms. The van der Waals surface area contributed by atoms with Gasteiger partial charge in [0.2, 0.25) is 17.8 Å². The van der Waals surface area contributed by atoms with Crippen molar-refractivity contribution in [2.24, 2.45) is 5.73 Å². The van der Waals surface area contributed by atoms with Crippen LogP contribution in [0.3, 0.4) is 0 Å². The van der Waals surface area contributed by atoms with E-state index in [1.165, 1.54) is 0 Å². The van der Waals surface area contributed by atoms with Gasteiger partial charge < -0.3 is 41.6 Å². The Morgan fingerprint density at radius 3 is 2.43 bits per heavy atom. The quantitative estimate of drug-likeness (QED) is 0.167. The van der Waals surface area contributed by atoms with Crippen LogP contribution in [0.25, 0.3) is 0 Å². The molecule has 35 heavy (non-hydrogen) atoms. The second-order valence-corrected chi connectivity index (χ2v) is 7.59. The minimum Gasteiger partial charge on any atom is -0.395 e. The second-order valence-electron chi connectivity index (χ2n) is 7.59. The highest BCUT2D eigenvalue weighted by Gasteiger charge is 2.12. The number of aliphatic hydroxyl groups is 1. The number of carbonyl (C=O) groups excluding carboxylic acids is 1. The number of hydrogen-bond donors (Lipinski definition) is 6. The smallest absolute Gasteiger partial charge is 0.251 e. The number of nitrogens with zero attached hydrogens (tertiary/aromatic N) is 3. The summed E-state index contributed by atoms with van der Waals surface area (Å²) in [6, 6.07) is 7.27. The van der Waals surface area contributed by atoms with Crippen LogP contribution in [0.2, 0.25) is 0 Å². The number of carbonyl (C=O) groups is 1. The fourth-order valence-corrected chi connectivity index (χ4v) is 3.03. The van der Waals surface area contributed by atoms with Gasteiger partial charge in [-0.1, -0.05) is 19.9 Å². The van der Waals surface area contributed by atoms with Gasteiger partial charge in [0, 0.05) is 36.9 Å². The molecule has 12 nitrogen and oxygen atoms in total. The van der Waals surface area contributed by atoms with Gasteiger partial charge in [-0.2, -0.15) is 15.0 Å². The molecule has 12 heteroatoms. The highest BCUT2D eigenvalue weighted by atomic mass is 16.5. The highest BCUT2D eigenvalue weighted by Crippen LogP contribution is 2.18. The first-order chi connectivity index (χ1) is 17.1. The van der Waals surface area contributed by atoms with Crippen LogP contribution < -0.4 is 27.0 Å². The van der Waals surface area contributed by atoms with Crippen LogP contribution in [-0.2, 0) is 9.47 Å². The summed E-state index contributed by atoms with van der Waals surface area (Å²) in [4.78, 5) is 25.7. The summed E-state index contributed by atoms with van der Waals surface area (Å²) in [7, 11) is 0. The molecule has 0 unspecified atom stereocenters. The van der Waals surface area contributed by atoms with Gasteiger partial charge in [0.25, 0.3) is 5.91 Å². The van der Waals surface area contributed by atoms with Gasteiger partial charge in [-0.3, -0.25) is 4.79 Å². The van der Waals surface area contributed by atoms with E-state index in [2.05, 4.69) is 50.1 Å². The summed E-state index contributed by atoms with van der Waals surface area (Å²) in [6.07, 6.45) is 1.85. The largest absolute Gasteiger partial charge is 0.395 e. The third-order valence-electron chi connectivity index (χ3n) is 4.90. The zero-order valence-corrected chi connectivity index (χ0v) is 20.5. The highest BCUT2D eigenvalue weighted by molar-refractivity contribution is 5.95. The van der Waals surface area contributed by atoms with E-state index in [1.54, 1.807) is 18.2 Å². The molecule has 0 radical (unpaired) electrons. The van der Waals surface area contributed by atoms with E-state index in [0.29, 0.717) is 75.2 Å². The molecule has 1 aromatic heterocycles. The zero-order valence-electron chi connectivity index (χ0n) is 20.5. The number of amides is 1. The molecule has 1 heterocycles. The summed E-state index contributed by atoms with van der Waals surface area (Å²) in [5.74, 6) is 0.872. The van der Waals surface area contributed by atoms with Crippen molar-refractivity contribution in [2.45, 2.75) is 32.7 Å². The number of hydrogen-bond acceptors (Lipinski definition) is 11. The minimum absolute atomic E-state index is 0.0476. The van der Waals surface area contributed by atoms with Crippen LogP contribution in [0.5, 0.6) is 0 Å². The van der Waals surface area contributed by atoms with Crippen molar-refractivity contribution in [3.8, 4) is 0 Å². The van der Waals surface area contributed by atoms with Gasteiger partial charge in [-0.05, 0) is 31.0 Å². The number of anilines is 4. The molecule has 2 rings (SSSR count). The maximum atomic E-state index is 12.5. The lowest BCUT2D eigenvalue weighted by atomic mass is 10.2. The Balaban J connectivity index is 1.97. The van der Waals surface area contributed by atoms with Crippen molar-refractivity contribution in [1.29, 1.82) is 0 Å². The number of nitrogens with one attached hydrogen (secondary N) is 4. The predicted molar refractivity (Wildman–Crippen MR) is 136 cm³/mol. The number of nitrogens with two attached hydrogens (primary N) is 1. The summed E-state index contributed by atoms with van der Waals surface area (Å²) >= 11 is 0. The van der Waals surface area contributed by atoms with Crippen LogP contribution in [0.15, 0.2) is 24.3 Å². The topological polar surface area (TPSA) is 169 Å². The molecular formula is C23H38N8O4. The summed E-state index contributed by atoms with van der Waals surface area (Å²) < 4.78 is 10.6. The normalized spacial score (nSPS) is 10.9. The van der Waals surface area contributed by atoms with E-state index in [4.69, 9.17) is 20.3 Å². The van der Waals surface area contributed by atoms with Crippen molar-refractivity contribution < 1.29 is 19.4 Å². The molecule has 1 aromatic carbocycles. The van der Waals surface area contributed by atoms with Gasteiger partial charge in [0.05, 0.1) is 33.0 Å². The molecule has 0 atom stereocenters. The zero-order chi connectivity index (χ0) is 25.3. The van der Waals surface area contributed by atoms with E-state index in [-0.39, 0.29) is 18.6 Å². The van der Waals surface area contributed by atoms with E-state index in [0.717, 1.165) is 12.8 Å². The Kier molecular flexibility index (Phi) is 13.3. The maximum Gasteiger partial charge on any atom is 0.251 e. The molecule has 0 saturated carbocycles. The van der Waals surface area contributed by atoms with Crippen molar-refractivity contribution in [1.82, 2.24) is 20.3 Å². The van der Waals surface area contributed by atoms with Crippen LogP contribution in [0, 0.1) is 0 Å². The molecule has 0 aliphatic carbocycles. The van der Waals surface area contributed by atoms with Crippen molar-refractivity contribution in [2.75, 3.05) is 68.6 Å². The Morgan fingerprint density at radius 1 is 1.00 bits per heavy atom. The summed E-state index contributed by atoms with van der Waals surface area (Å²) in [5, 5.41) is 21.4. The van der Waals surface area contributed by atoms with Crippen LogP contribution in [0.1, 0.15) is 37.0 Å². The Morgan fingerprint density at radius 2 is 1.71 bits per heavy atom. The van der Waals surface area contributed by atoms with Crippen molar-refractivity contribution in [3.05, 3.63) is 29.8 Å². The summed E-state index contributed by atoms with van der Waals surface area (Å²) in [6.45, 7) is 7.12. The van der Waals surface area contributed by atoms with Crippen LogP contribution >= 0.6 is 0 Å². The molecule has 7 N–H and O–H groups in total. The monoisotopic (exact) mass is 490 g/mol. The molecule has 1 amide bonds. The maximum absolute atomic E-state index is 12.5. The molecule has 0 spiro atoms. The molecule has 0 fully saturated rings. The fourth-order valence-electron chi connectivity index (χ4n) is 3.03. The Labute approximate surface area is 206 Å². The first-order valence-corrected chi connectivity index (χ1v) is 12.0. The Bertz CT molecular complexity index is 882. The first kappa shape index (κ1) is 28.2. The lowest BCUT2D eigenvalue weighted by molar-refractivity contribution is 0.0511. The number of rotatable bonds is 18. The van der Waals surface area contributed by atoms with E-state index in [1.807, 2.05) is 6.07 Å². The average Bonchev–Trinajstić information content (AvgIpc) is 2.87. The van der Waals surface area contributed by atoms with Crippen LogP contribution in [-0.4, -0.2) is 84.7 Å². The van der Waals surface area contributed by atoms with E-state index < -0.39 is 0 Å². The second kappa shape index (κ2) is 16.5. The molecular weight excluding hydrogens is 452 g/mol. The number of aromatic nitrogens is 3. The molecule has 2 aromatic rings. The number of ether oxygens (including phenoxy) is 2. The predicted octanol–water partition coefficient (Wildman–Crippen LogP) is 1.34. The fraction of sp³-hybridized carbons (Fsp3) is 0.565. The van der Waals surface area contributed by atoms with Gasteiger partial charge in [-0.25, -0.2) is 0 Å². The molecule has 0 aliphatic heterocycles. The lowest BCUT2D eigenvalue weighted by Gasteiger charge is -2.16. The van der Waals surface area contributed by atoms with E-state index in [9.17, 15) is 4.79 Å². The van der Waals surface area contributed by atoms with Crippen molar-refractivity contribution >= 4 is 29.4 Å². The number of aliphatic hydroxyl groups excluding tert-OH is 1. The third-order valence-corrected chi connectivity index (χ3v) is 4.90. The standard InChI is InChI=1S/C23H38N8O4/c1-3-18(4-2)27-22-29-21(26-9-11-32)30-23(31-22)28-19-7-5-6-17(16-19)20(33)25-10-13-35-15-14-34-12-8-24/h5-7,16,18,32H,3-4,8-15,24H2,1-2H3,(H,25,33)(H3,26,27,28,29,30,31). The van der Waals surface area contributed by atoms with Gasteiger partial charge >= 0.3 is 0 Å². The summed E-state index contributed by atoms with van der Waals surface area (Å²) in [5.41, 5.74) is 6.49. The third kappa shape index (κ3) is 10.8. The van der Waals surface area contributed by atoms with Gasteiger partial charge in [0.15, 0.2) is 0 Å². The molecule has 194 valence electrons. The van der Waals surface area contributed by atoms with Gasteiger partial charge in [0.1, 0.15) is 0 Å². The van der Waals surface area contributed by atoms with E-state index >= 15 is 0 Å². The van der Waals surface area contributed by atoms with Crippen LogP contribution in [0.4, 0.5) is 23.5 Å². The number of benzene rings is 1.